The summed E-state index contributed by atoms with van der Waals surface area (Å²) in [6.07, 6.45) is -3.86. The van der Waals surface area contributed by atoms with Crippen molar-refractivity contribution in [3.05, 3.63) is 11.9 Å². The fraction of sp³-hybridized carbons (Fsp3) is 0.636. The van der Waals surface area contributed by atoms with Gasteiger partial charge in [0, 0.05) is 32.0 Å². The number of alkyl halides is 3. The van der Waals surface area contributed by atoms with Gasteiger partial charge in [0.1, 0.15) is 11.6 Å². The second kappa shape index (κ2) is 8.15. The van der Waals surface area contributed by atoms with Gasteiger partial charge in [0.15, 0.2) is 0 Å². The van der Waals surface area contributed by atoms with Gasteiger partial charge in [-0.25, -0.2) is 9.97 Å². The molecule has 1 aromatic rings. The highest BCUT2D eigenvalue weighted by Crippen LogP contribution is 2.28. The van der Waals surface area contributed by atoms with E-state index in [1.165, 1.54) is 13.1 Å². The largest absolute Gasteiger partial charge is 0.451 e. The van der Waals surface area contributed by atoms with Crippen molar-refractivity contribution < 1.29 is 18.3 Å². The molecule has 0 bridgehead atoms. The predicted molar refractivity (Wildman–Crippen MR) is 74.1 cm³/mol. The van der Waals surface area contributed by atoms with Gasteiger partial charge in [-0.1, -0.05) is 0 Å². The molecule has 0 atom stereocenters. The van der Waals surface area contributed by atoms with E-state index in [0.29, 0.717) is 13.0 Å². The maximum Gasteiger partial charge on any atom is 0.451 e. The van der Waals surface area contributed by atoms with Gasteiger partial charge in [0.25, 0.3) is 0 Å². The van der Waals surface area contributed by atoms with Crippen molar-refractivity contribution in [2.45, 2.75) is 12.6 Å². The summed E-state index contributed by atoms with van der Waals surface area (Å²) in [6, 6.07) is 1.42. The van der Waals surface area contributed by atoms with Crippen molar-refractivity contribution in [2.75, 3.05) is 42.3 Å². The Balaban J connectivity index is 2.56. The number of rotatable bonds is 8. The summed E-state index contributed by atoms with van der Waals surface area (Å²) >= 11 is 1.61. The van der Waals surface area contributed by atoms with E-state index in [4.69, 9.17) is 5.11 Å². The maximum absolute atomic E-state index is 12.6. The third kappa shape index (κ3) is 5.83. The van der Waals surface area contributed by atoms with Crippen LogP contribution in [0.3, 0.4) is 0 Å². The topological polar surface area (TPSA) is 70.1 Å². The van der Waals surface area contributed by atoms with E-state index < -0.39 is 12.0 Å². The number of hydrogen-bond donors (Lipinski definition) is 3. The summed E-state index contributed by atoms with van der Waals surface area (Å²) in [5, 5.41) is 14.0. The van der Waals surface area contributed by atoms with Gasteiger partial charge in [-0.15, -0.1) is 0 Å². The van der Waals surface area contributed by atoms with Gasteiger partial charge < -0.3 is 15.7 Å². The van der Waals surface area contributed by atoms with Crippen LogP contribution in [0.25, 0.3) is 0 Å². The summed E-state index contributed by atoms with van der Waals surface area (Å²) in [7, 11) is 1.50. The van der Waals surface area contributed by atoms with Gasteiger partial charge in [-0.3, -0.25) is 0 Å². The molecule has 5 nitrogen and oxygen atoms in total. The minimum Gasteiger partial charge on any atom is -0.396 e. The lowest BCUT2D eigenvalue weighted by Crippen LogP contribution is -2.15. The van der Waals surface area contributed by atoms with Crippen LogP contribution in [0.5, 0.6) is 0 Å². The minimum absolute atomic E-state index is 0.114. The molecule has 0 fully saturated rings. The molecule has 0 unspecified atom stereocenters. The summed E-state index contributed by atoms with van der Waals surface area (Å²) in [5.41, 5.74) is 0. The van der Waals surface area contributed by atoms with Crippen LogP contribution < -0.4 is 10.6 Å². The Morgan fingerprint density at radius 1 is 1.25 bits per heavy atom. The SMILES string of the molecule is CNc1cc(NCCSCCCO)nc(C(F)(F)F)n1. The van der Waals surface area contributed by atoms with E-state index in [-0.39, 0.29) is 18.2 Å². The molecule has 3 N–H and O–H groups in total. The summed E-state index contributed by atoms with van der Waals surface area (Å²) in [5.74, 6) is 0.625. The second-order valence-corrected chi connectivity index (χ2v) is 5.05. The Kier molecular flexibility index (Phi) is 6.86. The molecule has 0 spiro atoms. The zero-order valence-corrected chi connectivity index (χ0v) is 11.8. The Bertz CT molecular complexity index is 417. The van der Waals surface area contributed by atoms with Crippen LogP contribution >= 0.6 is 11.8 Å². The molecule has 0 aliphatic rings. The number of aliphatic hydroxyl groups is 1. The number of hydrogen-bond acceptors (Lipinski definition) is 6. The number of halogens is 3. The third-order valence-corrected chi connectivity index (χ3v) is 3.31. The molecule has 9 heteroatoms. The first-order valence-corrected chi connectivity index (χ1v) is 7.19. The van der Waals surface area contributed by atoms with Gasteiger partial charge >= 0.3 is 6.18 Å². The fourth-order valence-corrected chi connectivity index (χ4v) is 2.10. The van der Waals surface area contributed by atoms with Crippen molar-refractivity contribution in [3.63, 3.8) is 0 Å². The Labute approximate surface area is 119 Å². The van der Waals surface area contributed by atoms with E-state index in [2.05, 4.69) is 20.6 Å². The Morgan fingerprint density at radius 3 is 2.55 bits per heavy atom. The average molecular weight is 310 g/mol. The highest BCUT2D eigenvalue weighted by Gasteiger charge is 2.35. The third-order valence-electron chi connectivity index (χ3n) is 2.24. The normalized spacial score (nSPS) is 11.4. The molecule has 0 aliphatic carbocycles. The minimum atomic E-state index is -4.57. The highest BCUT2D eigenvalue weighted by molar-refractivity contribution is 7.99. The van der Waals surface area contributed by atoms with E-state index >= 15 is 0 Å². The number of nitrogens with one attached hydrogen (secondary N) is 2. The summed E-state index contributed by atoms with van der Waals surface area (Å²) in [4.78, 5) is 6.82. The first kappa shape index (κ1) is 16.8. The number of aliphatic hydroxyl groups excluding tert-OH is 1. The molecule has 1 heterocycles. The van der Waals surface area contributed by atoms with Crippen LogP contribution in [0, 0.1) is 0 Å². The molecular formula is C11H17F3N4OS. The molecule has 0 radical (unpaired) electrons. The number of aromatic nitrogens is 2. The first-order valence-electron chi connectivity index (χ1n) is 6.04. The lowest BCUT2D eigenvalue weighted by molar-refractivity contribution is -0.144. The van der Waals surface area contributed by atoms with Crippen molar-refractivity contribution in [1.29, 1.82) is 0 Å². The van der Waals surface area contributed by atoms with Crippen molar-refractivity contribution in [2.24, 2.45) is 0 Å². The first-order chi connectivity index (χ1) is 9.47. The van der Waals surface area contributed by atoms with Gasteiger partial charge in [-0.2, -0.15) is 24.9 Å². The molecule has 1 rings (SSSR count). The van der Waals surface area contributed by atoms with Crippen LogP contribution in [0.15, 0.2) is 6.07 Å². The zero-order chi connectivity index (χ0) is 15.0. The van der Waals surface area contributed by atoms with E-state index in [1.54, 1.807) is 11.8 Å². The molecule has 0 aromatic carbocycles. The number of thioether (sulfide) groups is 1. The summed E-state index contributed by atoms with van der Waals surface area (Å²) < 4.78 is 37.8. The number of anilines is 2. The van der Waals surface area contributed by atoms with E-state index in [0.717, 1.165) is 11.5 Å². The Hall–Kier alpha value is -1.22. The quantitative estimate of drug-likeness (QED) is 0.639. The monoisotopic (exact) mass is 310 g/mol. The van der Waals surface area contributed by atoms with Crippen molar-refractivity contribution in [3.8, 4) is 0 Å². The van der Waals surface area contributed by atoms with Crippen LogP contribution in [-0.4, -0.2) is 46.8 Å². The van der Waals surface area contributed by atoms with Crippen molar-refractivity contribution >= 4 is 23.4 Å². The maximum atomic E-state index is 12.6. The molecule has 0 amide bonds. The fourth-order valence-electron chi connectivity index (χ4n) is 1.31. The second-order valence-electron chi connectivity index (χ2n) is 3.83. The lowest BCUT2D eigenvalue weighted by atomic mass is 10.4. The van der Waals surface area contributed by atoms with E-state index in [1.807, 2.05) is 0 Å². The van der Waals surface area contributed by atoms with E-state index in [9.17, 15) is 13.2 Å². The average Bonchev–Trinajstić information content (AvgIpc) is 2.41. The van der Waals surface area contributed by atoms with Crippen LogP contribution in [0.4, 0.5) is 24.8 Å². The van der Waals surface area contributed by atoms with Crippen LogP contribution in [0.1, 0.15) is 12.2 Å². The highest BCUT2D eigenvalue weighted by atomic mass is 32.2. The molecule has 0 saturated carbocycles. The molecule has 20 heavy (non-hydrogen) atoms. The molecule has 1 aromatic heterocycles. The Morgan fingerprint density at radius 2 is 1.95 bits per heavy atom. The predicted octanol–water partition coefficient (Wildman–Crippen LogP) is 2.06. The molecular weight excluding hydrogens is 293 g/mol. The smallest absolute Gasteiger partial charge is 0.396 e. The van der Waals surface area contributed by atoms with Crippen LogP contribution in [0.2, 0.25) is 0 Å². The van der Waals surface area contributed by atoms with Gasteiger partial charge in [0.05, 0.1) is 0 Å². The number of nitrogens with zero attached hydrogens (tertiary/aromatic N) is 2. The van der Waals surface area contributed by atoms with Crippen molar-refractivity contribution in [1.82, 2.24) is 9.97 Å². The standard InChI is InChI=1S/C11H17F3N4OS/c1-15-8-7-9(16-3-6-20-5-2-4-19)18-10(17-8)11(12,13)14/h7,19H,2-6H2,1H3,(H2,15,16,17,18). The van der Waals surface area contributed by atoms with Gasteiger partial charge in [0.2, 0.25) is 5.82 Å². The van der Waals surface area contributed by atoms with Crippen LogP contribution in [-0.2, 0) is 6.18 Å². The molecule has 114 valence electrons. The van der Waals surface area contributed by atoms with Gasteiger partial charge in [-0.05, 0) is 12.2 Å². The zero-order valence-electron chi connectivity index (χ0n) is 11.0. The lowest BCUT2D eigenvalue weighted by Gasteiger charge is -2.11. The molecule has 0 saturated heterocycles. The molecule has 0 aliphatic heterocycles. The summed E-state index contributed by atoms with van der Waals surface area (Å²) in [6.45, 7) is 0.639.